The lowest BCUT2D eigenvalue weighted by molar-refractivity contribution is -0.155. The van der Waals surface area contributed by atoms with Gasteiger partial charge in [0.1, 0.15) is 17.7 Å². The number of nitrogens with zero attached hydrogens (tertiary/aromatic N) is 1. The molecule has 0 spiro atoms. The summed E-state index contributed by atoms with van der Waals surface area (Å²) in [5, 5.41) is 0. The average Bonchev–Trinajstić information content (AvgIpc) is 2.66. The summed E-state index contributed by atoms with van der Waals surface area (Å²) in [6.45, 7) is 5.16. The van der Waals surface area contributed by atoms with Crippen LogP contribution in [0.1, 0.15) is 38.4 Å². The summed E-state index contributed by atoms with van der Waals surface area (Å²) in [6, 6.07) is 16.1. The molecule has 1 unspecified atom stereocenters. The summed E-state index contributed by atoms with van der Waals surface area (Å²) in [5.41, 5.74) is 0.0808. The Bertz CT molecular complexity index is 763. The smallest absolute Gasteiger partial charge is 0.223 e. The van der Waals surface area contributed by atoms with Crippen molar-refractivity contribution in [2.24, 2.45) is 0 Å². The summed E-state index contributed by atoms with van der Waals surface area (Å²) in [6.07, 6.45) is 0.579. The van der Waals surface area contributed by atoms with Crippen LogP contribution in [-0.4, -0.2) is 36.1 Å². The number of halogens is 1. The Kier molecular flexibility index (Phi) is 6.11. The van der Waals surface area contributed by atoms with Gasteiger partial charge in [-0.05, 0) is 38.5 Å². The molecular weight excluding hydrogens is 345 g/mol. The number of carbonyl (C=O) groups is 1. The third kappa shape index (κ3) is 4.86. The Morgan fingerprint density at radius 3 is 2.63 bits per heavy atom. The Labute approximate surface area is 159 Å². The van der Waals surface area contributed by atoms with Crippen LogP contribution in [0.4, 0.5) is 4.39 Å². The van der Waals surface area contributed by atoms with Gasteiger partial charge in [-0.2, -0.15) is 0 Å². The molecule has 5 heteroatoms. The molecule has 144 valence electrons. The molecule has 1 aliphatic heterocycles. The maximum Gasteiger partial charge on any atom is 0.223 e. The zero-order valence-corrected chi connectivity index (χ0v) is 15.9. The second-order valence-electron chi connectivity index (χ2n) is 7.40. The first kappa shape index (κ1) is 19.4. The summed E-state index contributed by atoms with van der Waals surface area (Å²) in [5.74, 6) is 0.545. The van der Waals surface area contributed by atoms with Crippen molar-refractivity contribution in [1.82, 2.24) is 4.90 Å². The monoisotopic (exact) mass is 371 g/mol. The van der Waals surface area contributed by atoms with E-state index >= 15 is 0 Å². The number of benzene rings is 2. The van der Waals surface area contributed by atoms with Gasteiger partial charge in [0.05, 0.1) is 25.3 Å². The van der Waals surface area contributed by atoms with Crippen molar-refractivity contribution in [3.63, 3.8) is 0 Å². The lowest BCUT2D eigenvalue weighted by Gasteiger charge is -2.45. The molecule has 1 fully saturated rings. The van der Waals surface area contributed by atoms with Crippen LogP contribution in [0.2, 0.25) is 0 Å². The number of hydrogen-bond acceptors (Lipinski definition) is 3. The van der Waals surface area contributed by atoms with Crippen molar-refractivity contribution in [3.8, 4) is 5.75 Å². The van der Waals surface area contributed by atoms with Crippen LogP contribution in [0.5, 0.6) is 5.75 Å². The molecule has 0 radical (unpaired) electrons. The van der Waals surface area contributed by atoms with Crippen molar-refractivity contribution in [2.75, 3.05) is 19.8 Å². The average molecular weight is 371 g/mol. The number of carbonyl (C=O) groups excluding carboxylic acids is 1. The van der Waals surface area contributed by atoms with E-state index in [2.05, 4.69) is 0 Å². The van der Waals surface area contributed by atoms with Crippen molar-refractivity contribution < 1.29 is 18.7 Å². The zero-order valence-electron chi connectivity index (χ0n) is 15.9. The lowest BCUT2D eigenvalue weighted by atomic mass is 9.97. The molecule has 1 amide bonds. The number of rotatable bonds is 6. The number of amides is 1. The summed E-state index contributed by atoms with van der Waals surface area (Å²) >= 11 is 0. The molecule has 2 aromatic rings. The van der Waals surface area contributed by atoms with Crippen LogP contribution >= 0.6 is 0 Å². The van der Waals surface area contributed by atoms with E-state index < -0.39 is 11.6 Å². The van der Waals surface area contributed by atoms with Crippen LogP contribution in [0, 0.1) is 5.82 Å². The molecular formula is C22H26FNO3. The van der Waals surface area contributed by atoms with E-state index in [-0.39, 0.29) is 11.7 Å². The van der Waals surface area contributed by atoms with Crippen LogP contribution in [0.25, 0.3) is 0 Å². The topological polar surface area (TPSA) is 38.8 Å². The Balaban J connectivity index is 1.57. The molecule has 2 aromatic carbocycles. The molecule has 0 bridgehead atoms. The van der Waals surface area contributed by atoms with Crippen LogP contribution in [0.3, 0.4) is 0 Å². The second-order valence-corrected chi connectivity index (χ2v) is 7.40. The summed E-state index contributed by atoms with van der Waals surface area (Å²) in [4.78, 5) is 14.6. The first-order valence-electron chi connectivity index (χ1n) is 9.32. The van der Waals surface area contributed by atoms with E-state index in [1.165, 1.54) is 6.07 Å². The van der Waals surface area contributed by atoms with Gasteiger partial charge in [0, 0.05) is 12.0 Å². The molecule has 1 saturated heterocycles. The van der Waals surface area contributed by atoms with Crippen LogP contribution in [0.15, 0.2) is 54.6 Å². The fraction of sp³-hybridized carbons (Fsp3) is 0.409. The zero-order chi connectivity index (χ0) is 19.3. The van der Waals surface area contributed by atoms with Gasteiger partial charge in [-0.3, -0.25) is 4.79 Å². The van der Waals surface area contributed by atoms with Crippen molar-refractivity contribution >= 4 is 5.91 Å². The fourth-order valence-electron chi connectivity index (χ4n) is 3.28. The molecule has 0 saturated carbocycles. The van der Waals surface area contributed by atoms with E-state index in [4.69, 9.17) is 9.47 Å². The first-order chi connectivity index (χ1) is 13.0. The molecule has 0 aromatic heterocycles. The first-order valence-corrected chi connectivity index (χ1v) is 9.32. The predicted molar refractivity (Wildman–Crippen MR) is 102 cm³/mol. The maximum absolute atomic E-state index is 14.1. The quantitative estimate of drug-likeness (QED) is 0.708. The molecule has 4 nitrogen and oxygen atoms in total. The number of para-hydroxylation sites is 1. The lowest BCUT2D eigenvalue weighted by Crippen LogP contribution is -2.56. The highest BCUT2D eigenvalue weighted by Crippen LogP contribution is 2.32. The molecule has 0 aliphatic carbocycles. The minimum absolute atomic E-state index is 0.0429. The standard InChI is InChI=1S/C22H26FNO3/c1-22(2)16-27-20(18-11-6-7-12-19(18)23)15-24(22)21(25)13-8-14-26-17-9-4-3-5-10-17/h3-7,9-12,20H,8,13-16H2,1-2H3. The van der Waals surface area contributed by atoms with E-state index in [1.807, 2.05) is 49.1 Å². The van der Waals surface area contributed by atoms with Gasteiger partial charge in [0.2, 0.25) is 5.91 Å². The summed E-state index contributed by atoms with van der Waals surface area (Å²) < 4.78 is 25.6. The highest BCUT2D eigenvalue weighted by molar-refractivity contribution is 5.77. The Hall–Kier alpha value is -2.40. The van der Waals surface area contributed by atoms with Gasteiger partial charge in [-0.15, -0.1) is 0 Å². The largest absolute Gasteiger partial charge is 0.494 e. The summed E-state index contributed by atoms with van der Waals surface area (Å²) in [7, 11) is 0. The third-order valence-corrected chi connectivity index (χ3v) is 4.82. The molecule has 3 rings (SSSR count). The molecule has 1 atom stereocenters. The molecule has 1 aliphatic rings. The van der Waals surface area contributed by atoms with Gasteiger partial charge in [0.15, 0.2) is 0 Å². The van der Waals surface area contributed by atoms with Gasteiger partial charge in [0.25, 0.3) is 0 Å². The minimum Gasteiger partial charge on any atom is -0.494 e. The van der Waals surface area contributed by atoms with E-state index in [9.17, 15) is 9.18 Å². The normalized spacial score (nSPS) is 18.9. The second kappa shape index (κ2) is 8.53. The van der Waals surface area contributed by atoms with E-state index in [0.717, 1.165) is 5.75 Å². The minimum atomic E-state index is -0.441. The predicted octanol–water partition coefficient (Wildman–Crippen LogP) is 4.36. The van der Waals surface area contributed by atoms with Gasteiger partial charge in [-0.25, -0.2) is 4.39 Å². The maximum atomic E-state index is 14.1. The van der Waals surface area contributed by atoms with Gasteiger partial charge >= 0.3 is 0 Å². The van der Waals surface area contributed by atoms with E-state index in [1.54, 1.807) is 18.2 Å². The van der Waals surface area contributed by atoms with Gasteiger partial charge in [-0.1, -0.05) is 36.4 Å². The third-order valence-electron chi connectivity index (χ3n) is 4.82. The number of ether oxygens (including phenoxy) is 2. The van der Waals surface area contributed by atoms with Crippen LogP contribution < -0.4 is 4.74 Å². The molecule has 1 heterocycles. The van der Waals surface area contributed by atoms with Gasteiger partial charge < -0.3 is 14.4 Å². The number of morpholine rings is 1. The molecule has 0 N–H and O–H groups in total. The van der Waals surface area contributed by atoms with Crippen molar-refractivity contribution in [1.29, 1.82) is 0 Å². The van der Waals surface area contributed by atoms with E-state index in [0.29, 0.717) is 38.2 Å². The van der Waals surface area contributed by atoms with Crippen molar-refractivity contribution in [3.05, 3.63) is 66.0 Å². The number of hydrogen-bond donors (Lipinski definition) is 0. The SMILES string of the molecule is CC1(C)COC(c2ccccc2F)CN1C(=O)CCCOc1ccccc1. The highest BCUT2D eigenvalue weighted by Gasteiger charge is 2.38. The fourth-order valence-corrected chi connectivity index (χ4v) is 3.28. The van der Waals surface area contributed by atoms with Crippen LogP contribution in [-0.2, 0) is 9.53 Å². The highest BCUT2D eigenvalue weighted by atomic mass is 19.1. The van der Waals surface area contributed by atoms with Crippen molar-refractivity contribution in [2.45, 2.75) is 38.3 Å². The Morgan fingerprint density at radius 1 is 1.19 bits per heavy atom. The Morgan fingerprint density at radius 2 is 1.89 bits per heavy atom. The molecule has 27 heavy (non-hydrogen) atoms.